The van der Waals surface area contributed by atoms with Crippen molar-refractivity contribution in [2.45, 2.75) is 59.3 Å². The third kappa shape index (κ3) is 5.20. The van der Waals surface area contributed by atoms with Crippen LogP contribution in [-0.4, -0.2) is 61.0 Å². The SMILES string of the molecule is CCCOCC(=O)N1CCCC2(CCC(=O)N(CCC(C)C)C2)C1. The molecule has 0 saturated carbocycles. The third-order valence-corrected chi connectivity index (χ3v) is 5.31. The van der Waals surface area contributed by atoms with Crippen LogP contribution in [0.3, 0.4) is 0 Å². The summed E-state index contributed by atoms with van der Waals surface area (Å²) in [5, 5.41) is 0. The topological polar surface area (TPSA) is 49.9 Å². The molecule has 2 rings (SSSR count). The summed E-state index contributed by atoms with van der Waals surface area (Å²) in [6.07, 6.45) is 5.69. The predicted molar refractivity (Wildman–Crippen MR) is 94.6 cm³/mol. The van der Waals surface area contributed by atoms with E-state index in [2.05, 4.69) is 13.8 Å². The number of likely N-dealkylation sites (tertiary alicyclic amines) is 2. The smallest absolute Gasteiger partial charge is 0.248 e. The molecule has 0 N–H and O–H groups in total. The molecule has 2 saturated heterocycles. The first kappa shape index (κ1) is 19.2. The lowest BCUT2D eigenvalue weighted by molar-refractivity contribution is -0.145. The fourth-order valence-corrected chi connectivity index (χ4v) is 3.87. The second kappa shape index (κ2) is 8.84. The van der Waals surface area contributed by atoms with E-state index in [1.54, 1.807) is 0 Å². The highest BCUT2D eigenvalue weighted by atomic mass is 16.5. The van der Waals surface area contributed by atoms with Crippen LogP contribution in [0, 0.1) is 11.3 Å². The standard InChI is InChI=1S/C19H34N2O3/c1-4-12-24-13-18(23)20-10-5-8-19(14-20)9-6-17(22)21(15-19)11-7-16(2)3/h16H,4-15H2,1-3H3. The van der Waals surface area contributed by atoms with Crippen LogP contribution in [0.15, 0.2) is 0 Å². The Kier molecular flexibility index (Phi) is 7.08. The van der Waals surface area contributed by atoms with E-state index in [0.29, 0.717) is 18.9 Å². The fourth-order valence-electron chi connectivity index (χ4n) is 3.87. The van der Waals surface area contributed by atoms with Crippen molar-refractivity contribution in [3.63, 3.8) is 0 Å². The minimum atomic E-state index is 0.101. The van der Waals surface area contributed by atoms with Gasteiger partial charge in [0.15, 0.2) is 0 Å². The fraction of sp³-hybridized carbons (Fsp3) is 0.895. The lowest BCUT2D eigenvalue weighted by atomic mass is 9.73. The van der Waals surface area contributed by atoms with E-state index in [0.717, 1.165) is 58.3 Å². The van der Waals surface area contributed by atoms with Crippen LogP contribution >= 0.6 is 0 Å². The number of carbonyl (C=O) groups is 2. The zero-order valence-electron chi connectivity index (χ0n) is 15.7. The van der Waals surface area contributed by atoms with Gasteiger partial charge in [0.05, 0.1) is 0 Å². The molecular formula is C19H34N2O3. The summed E-state index contributed by atoms with van der Waals surface area (Å²) in [4.78, 5) is 28.6. The van der Waals surface area contributed by atoms with Crippen LogP contribution in [0.5, 0.6) is 0 Å². The molecule has 0 aromatic rings. The van der Waals surface area contributed by atoms with Crippen molar-refractivity contribution in [2.24, 2.45) is 11.3 Å². The number of carbonyl (C=O) groups excluding carboxylic acids is 2. The first-order valence-corrected chi connectivity index (χ1v) is 9.59. The number of amides is 2. The first-order valence-electron chi connectivity index (χ1n) is 9.59. The summed E-state index contributed by atoms with van der Waals surface area (Å²) in [6, 6.07) is 0. The van der Waals surface area contributed by atoms with Gasteiger partial charge in [0, 0.05) is 44.6 Å². The van der Waals surface area contributed by atoms with Crippen LogP contribution in [-0.2, 0) is 14.3 Å². The molecule has 2 aliphatic rings. The summed E-state index contributed by atoms with van der Waals surface area (Å²) in [7, 11) is 0. The van der Waals surface area contributed by atoms with Gasteiger partial charge in [-0.15, -0.1) is 0 Å². The van der Waals surface area contributed by atoms with E-state index < -0.39 is 0 Å². The van der Waals surface area contributed by atoms with Gasteiger partial charge < -0.3 is 14.5 Å². The molecule has 1 unspecified atom stereocenters. The Labute approximate surface area is 146 Å². The largest absolute Gasteiger partial charge is 0.372 e. The lowest BCUT2D eigenvalue weighted by Crippen LogP contribution is -2.55. The van der Waals surface area contributed by atoms with Crippen molar-refractivity contribution in [3.05, 3.63) is 0 Å². The van der Waals surface area contributed by atoms with Gasteiger partial charge in [-0.3, -0.25) is 9.59 Å². The van der Waals surface area contributed by atoms with E-state index in [1.165, 1.54) is 0 Å². The van der Waals surface area contributed by atoms with Gasteiger partial charge >= 0.3 is 0 Å². The van der Waals surface area contributed by atoms with E-state index in [9.17, 15) is 9.59 Å². The van der Waals surface area contributed by atoms with Gasteiger partial charge in [0.1, 0.15) is 6.61 Å². The maximum atomic E-state index is 12.4. The normalized spacial score (nSPS) is 24.9. The molecule has 2 aliphatic heterocycles. The number of nitrogens with zero attached hydrogens (tertiary/aromatic N) is 2. The summed E-state index contributed by atoms with van der Waals surface area (Å²) in [5.74, 6) is 1.000. The molecule has 5 heteroatoms. The number of piperidine rings is 2. The van der Waals surface area contributed by atoms with Crippen LogP contribution < -0.4 is 0 Å². The molecule has 0 aromatic carbocycles. The monoisotopic (exact) mass is 338 g/mol. The van der Waals surface area contributed by atoms with Crippen molar-refractivity contribution in [3.8, 4) is 0 Å². The Morgan fingerprint density at radius 1 is 1.29 bits per heavy atom. The van der Waals surface area contributed by atoms with Gasteiger partial charge in [-0.2, -0.15) is 0 Å². The third-order valence-electron chi connectivity index (χ3n) is 5.31. The quantitative estimate of drug-likeness (QED) is 0.671. The molecule has 0 radical (unpaired) electrons. The minimum absolute atomic E-state index is 0.101. The predicted octanol–water partition coefficient (Wildman–Crippen LogP) is 2.69. The summed E-state index contributed by atoms with van der Waals surface area (Å²) >= 11 is 0. The highest BCUT2D eigenvalue weighted by Gasteiger charge is 2.42. The second-order valence-corrected chi connectivity index (χ2v) is 7.97. The molecule has 5 nitrogen and oxygen atoms in total. The molecule has 24 heavy (non-hydrogen) atoms. The number of ether oxygens (including phenoxy) is 1. The molecule has 0 aliphatic carbocycles. The minimum Gasteiger partial charge on any atom is -0.372 e. The zero-order chi connectivity index (χ0) is 17.6. The van der Waals surface area contributed by atoms with E-state index in [4.69, 9.17) is 4.74 Å². The van der Waals surface area contributed by atoms with Gasteiger partial charge in [0.25, 0.3) is 0 Å². The van der Waals surface area contributed by atoms with Gasteiger partial charge in [-0.05, 0) is 38.0 Å². The molecule has 1 spiro atoms. The second-order valence-electron chi connectivity index (χ2n) is 7.97. The number of rotatable bonds is 7. The molecule has 138 valence electrons. The molecule has 0 bridgehead atoms. The average Bonchev–Trinajstić information content (AvgIpc) is 2.56. The molecule has 0 aromatic heterocycles. The summed E-state index contributed by atoms with van der Waals surface area (Å²) < 4.78 is 5.42. The maximum absolute atomic E-state index is 12.4. The van der Waals surface area contributed by atoms with E-state index in [-0.39, 0.29) is 23.8 Å². The number of hydrogen-bond donors (Lipinski definition) is 0. The molecular weight excluding hydrogens is 304 g/mol. The number of hydrogen-bond acceptors (Lipinski definition) is 3. The molecule has 2 fully saturated rings. The van der Waals surface area contributed by atoms with Crippen molar-refractivity contribution in [1.82, 2.24) is 9.80 Å². The van der Waals surface area contributed by atoms with Crippen LogP contribution in [0.1, 0.15) is 59.3 Å². The lowest BCUT2D eigenvalue weighted by Gasteiger charge is -2.48. The Bertz CT molecular complexity index is 438. The van der Waals surface area contributed by atoms with Gasteiger partial charge in [-0.25, -0.2) is 0 Å². The molecule has 2 amide bonds. The van der Waals surface area contributed by atoms with Crippen molar-refractivity contribution in [1.29, 1.82) is 0 Å². The average molecular weight is 338 g/mol. The highest BCUT2D eigenvalue weighted by molar-refractivity contribution is 5.78. The van der Waals surface area contributed by atoms with Gasteiger partial charge in [0.2, 0.25) is 11.8 Å². The van der Waals surface area contributed by atoms with Gasteiger partial charge in [-0.1, -0.05) is 20.8 Å². The molecule has 2 heterocycles. The van der Waals surface area contributed by atoms with Crippen LogP contribution in [0.2, 0.25) is 0 Å². The van der Waals surface area contributed by atoms with Crippen molar-refractivity contribution >= 4 is 11.8 Å². The Hall–Kier alpha value is -1.10. The first-order chi connectivity index (χ1) is 11.5. The van der Waals surface area contributed by atoms with E-state index >= 15 is 0 Å². The Morgan fingerprint density at radius 2 is 2.08 bits per heavy atom. The van der Waals surface area contributed by atoms with Crippen LogP contribution in [0.25, 0.3) is 0 Å². The zero-order valence-corrected chi connectivity index (χ0v) is 15.7. The summed E-state index contributed by atoms with van der Waals surface area (Å²) in [5.41, 5.74) is 0.101. The van der Waals surface area contributed by atoms with Crippen LogP contribution in [0.4, 0.5) is 0 Å². The summed E-state index contributed by atoms with van der Waals surface area (Å²) in [6.45, 7) is 10.6. The Morgan fingerprint density at radius 3 is 2.79 bits per heavy atom. The Balaban J connectivity index is 1.93. The maximum Gasteiger partial charge on any atom is 0.248 e. The van der Waals surface area contributed by atoms with Crippen molar-refractivity contribution < 1.29 is 14.3 Å². The highest BCUT2D eigenvalue weighted by Crippen LogP contribution is 2.39. The van der Waals surface area contributed by atoms with Crippen molar-refractivity contribution in [2.75, 3.05) is 39.4 Å². The van der Waals surface area contributed by atoms with E-state index in [1.807, 2.05) is 16.7 Å². The molecule has 1 atom stereocenters.